The Morgan fingerprint density at radius 1 is 1.37 bits per heavy atom. The van der Waals surface area contributed by atoms with E-state index in [1.54, 1.807) is 6.07 Å². The van der Waals surface area contributed by atoms with Crippen LogP contribution in [-0.2, 0) is 9.57 Å². The van der Waals surface area contributed by atoms with E-state index in [4.69, 9.17) is 21.4 Å². The van der Waals surface area contributed by atoms with Gasteiger partial charge in [-0.3, -0.25) is 0 Å². The van der Waals surface area contributed by atoms with E-state index in [0.29, 0.717) is 19.2 Å². The topological polar surface area (TPSA) is 65.2 Å². The molecule has 0 radical (unpaired) electrons. The third-order valence-corrected chi connectivity index (χ3v) is 3.08. The maximum absolute atomic E-state index is 8.68. The number of ether oxygens (including phenoxy) is 1. The molecule has 0 spiro atoms. The molecule has 100 valence electrons. The second-order valence-electron chi connectivity index (χ2n) is 4.31. The molecule has 2 saturated heterocycles. The van der Waals surface area contributed by atoms with Gasteiger partial charge in [0.05, 0.1) is 31.5 Å². The minimum Gasteiger partial charge on any atom is -0.373 e. The Hall–Kier alpha value is -2.12. The van der Waals surface area contributed by atoms with Crippen molar-refractivity contribution in [3.05, 3.63) is 11.4 Å². The fourth-order valence-corrected chi connectivity index (χ4v) is 2.13. The minimum absolute atomic E-state index is 0.287. The molecule has 19 heavy (non-hydrogen) atoms. The van der Waals surface area contributed by atoms with E-state index in [9.17, 15) is 0 Å². The average molecular weight is 262 g/mol. The summed E-state index contributed by atoms with van der Waals surface area (Å²) in [5, 5.41) is 12.3. The van der Waals surface area contributed by atoms with E-state index < -0.39 is 0 Å². The lowest BCUT2D eigenvalue weighted by molar-refractivity contribution is -0.521. The Bertz CT molecular complexity index is 441. The van der Waals surface area contributed by atoms with Crippen molar-refractivity contribution in [2.24, 2.45) is 5.16 Å². The first-order valence-corrected chi connectivity index (χ1v) is 6.32. The molecule has 2 heterocycles. The van der Waals surface area contributed by atoms with Crippen LogP contribution in [0.3, 0.4) is 0 Å². The van der Waals surface area contributed by atoms with Gasteiger partial charge in [0.25, 0.3) is 0 Å². The third-order valence-electron chi connectivity index (χ3n) is 3.08. The standard InChI is InChI=1S/C12H16N5O2/c1-14-11(10-13)15-19-12(16-4-2-3-5-16)17-6-8-18-9-7-17/h2-9H2/q+1/b15-11-. The fraction of sp³-hybridized carbons (Fsp3) is 0.667. The highest BCUT2D eigenvalue weighted by Crippen LogP contribution is 2.07. The highest BCUT2D eigenvalue weighted by molar-refractivity contribution is 6.03. The monoisotopic (exact) mass is 262 g/mol. The predicted octanol–water partition coefficient (Wildman–Crippen LogP) is 0.254. The molecule has 0 saturated carbocycles. The fourth-order valence-electron chi connectivity index (χ4n) is 2.13. The molecule has 0 aromatic heterocycles. The number of nitrogens with zero attached hydrogens (tertiary/aromatic N) is 5. The molecule has 0 unspecified atom stereocenters. The van der Waals surface area contributed by atoms with Crippen molar-refractivity contribution in [2.45, 2.75) is 12.8 Å². The Kier molecular flexibility index (Phi) is 4.71. The number of hydrogen-bond acceptors (Lipinski definition) is 4. The lowest BCUT2D eigenvalue weighted by Gasteiger charge is -2.21. The van der Waals surface area contributed by atoms with Crippen LogP contribution in [0.2, 0.25) is 0 Å². The SMILES string of the molecule is [C-]#[N+]/C(C#N)=N\OC(N1CCOCC1)=[N+]1CCCC1. The maximum Gasteiger partial charge on any atom is 0.492 e. The zero-order valence-corrected chi connectivity index (χ0v) is 10.7. The van der Waals surface area contributed by atoms with Crippen LogP contribution in [-0.4, -0.2) is 60.7 Å². The van der Waals surface area contributed by atoms with E-state index >= 15 is 0 Å². The summed E-state index contributed by atoms with van der Waals surface area (Å²) in [4.78, 5) is 10.4. The summed E-state index contributed by atoms with van der Waals surface area (Å²) < 4.78 is 7.42. The molecule has 2 fully saturated rings. The first-order chi connectivity index (χ1) is 9.35. The molecule has 0 N–H and O–H groups in total. The lowest BCUT2D eigenvalue weighted by Crippen LogP contribution is -2.45. The van der Waals surface area contributed by atoms with Crippen molar-refractivity contribution in [3.63, 3.8) is 0 Å². The largest absolute Gasteiger partial charge is 0.492 e. The molecule has 7 heteroatoms. The summed E-state index contributed by atoms with van der Waals surface area (Å²) in [5.74, 6) is -0.287. The van der Waals surface area contributed by atoms with E-state index in [1.807, 2.05) is 0 Å². The Labute approximate surface area is 112 Å². The molecule has 0 bridgehead atoms. The van der Waals surface area contributed by atoms with Crippen LogP contribution in [0.15, 0.2) is 5.16 Å². The van der Waals surface area contributed by atoms with E-state index in [0.717, 1.165) is 39.0 Å². The van der Waals surface area contributed by atoms with E-state index in [-0.39, 0.29) is 5.84 Å². The average Bonchev–Trinajstić information content (AvgIpc) is 2.99. The number of rotatable bonds is 1. The van der Waals surface area contributed by atoms with Gasteiger partial charge in [0, 0.05) is 0 Å². The first kappa shape index (κ1) is 13.3. The molecule has 7 nitrogen and oxygen atoms in total. The summed E-state index contributed by atoms with van der Waals surface area (Å²) in [6, 6.07) is 2.33. The highest BCUT2D eigenvalue weighted by Gasteiger charge is 2.31. The van der Waals surface area contributed by atoms with Gasteiger partial charge in [-0.1, -0.05) is 6.57 Å². The summed E-state index contributed by atoms with van der Waals surface area (Å²) in [7, 11) is 0. The van der Waals surface area contributed by atoms with Crippen LogP contribution < -0.4 is 0 Å². The van der Waals surface area contributed by atoms with Gasteiger partial charge in [0.2, 0.25) is 0 Å². The van der Waals surface area contributed by atoms with Crippen molar-refractivity contribution < 1.29 is 14.1 Å². The molecule has 0 aliphatic carbocycles. The van der Waals surface area contributed by atoms with Crippen LogP contribution in [0.1, 0.15) is 12.8 Å². The third kappa shape index (κ3) is 3.43. The number of nitriles is 1. The molecular formula is C12H16N5O2+. The second kappa shape index (κ2) is 6.72. The summed E-state index contributed by atoms with van der Waals surface area (Å²) in [5.41, 5.74) is 0. The quantitative estimate of drug-likeness (QED) is 0.223. The molecule has 2 rings (SSSR count). The van der Waals surface area contributed by atoms with Crippen molar-refractivity contribution in [3.8, 4) is 6.07 Å². The molecule has 0 amide bonds. The first-order valence-electron chi connectivity index (χ1n) is 6.32. The van der Waals surface area contributed by atoms with Crippen LogP contribution in [0, 0.1) is 17.9 Å². The number of amidine groups is 2. The Morgan fingerprint density at radius 3 is 2.63 bits per heavy atom. The molecule has 0 aromatic carbocycles. The van der Waals surface area contributed by atoms with Crippen LogP contribution >= 0.6 is 0 Å². The Balaban J connectivity index is 2.16. The van der Waals surface area contributed by atoms with Crippen LogP contribution in [0.4, 0.5) is 0 Å². The van der Waals surface area contributed by atoms with E-state index in [2.05, 4.69) is 19.5 Å². The number of hydrogen-bond donors (Lipinski definition) is 0. The molecule has 2 aliphatic heterocycles. The smallest absolute Gasteiger partial charge is 0.373 e. The van der Waals surface area contributed by atoms with Gasteiger partial charge < -0.3 is 9.58 Å². The summed E-state index contributed by atoms with van der Waals surface area (Å²) >= 11 is 0. The zero-order chi connectivity index (χ0) is 13.5. The van der Waals surface area contributed by atoms with Crippen molar-refractivity contribution in [1.82, 2.24) is 4.90 Å². The van der Waals surface area contributed by atoms with Crippen LogP contribution in [0.25, 0.3) is 4.85 Å². The molecular weight excluding hydrogens is 246 g/mol. The zero-order valence-electron chi connectivity index (χ0n) is 10.7. The van der Waals surface area contributed by atoms with Gasteiger partial charge in [-0.05, 0) is 12.8 Å². The van der Waals surface area contributed by atoms with E-state index in [1.165, 1.54) is 0 Å². The van der Waals surface area contributed by atoms with Gasteiger partial charge in [0.15, 0.2) is 0 Å². The normalized spacial score (nSPS) is 19.8. The van der Waals surface area contributed by atoms with Crippen LogP contribution in [0.5, 0.6) is 0 Å². The summed E-state index contributed by atoms with van der Waals surface area (Å²) in [6.07, 6.45) is 2.24. The minimum atomic E-state index is -0.287. The van der Waals surface area contributed by atoms with Crippen molar-refractivity contribution >= 4 is 11.9 Å². The molecule has 0 atom stereocenters. The maximum atomic E-state index is 8.68. The summed E-state index contributed by atoms with van der Waals surface area (Å²) in [6.45, 7) is 11.4. The van der Waals surface area contributed by atoms with Gasteiger partial charge >= 0.3 is 11.9 Å². The van der Waals surface area contributed by atoms with Crippen molar-refractivity contribution in [1.29, 1.82) is 5.26 Å². The Morgan fingerprint density at radius 2 is 2.05 bits per heavy atom. The van der Waals surface area contributed by atoms with Gasteiger partial charge in [0.1, 0.15) is 19.2 Å². The second-order valence-corrected chi connectivity index (χ2v) is 4.31. The van der Waals surface area contributed by atoms with Gasteiger partial charge in [-0.25, -0.2) is 14.7 Å². The number of morpholine rings is 1. The number of oxime groups is 1. The predicted molar refractivity (Wildman–Crippen MR) is 67.4 cm³/mol. The molecule has 0 aromatic rings. The van der Waals surface area contributed by atoms with Gasteiger partial charge in [-0.2, -0.15) is 4.84 Å². The van der Waals surface area contributed by atoms with Crippen molar-refractivity contribution in [2.75, 3.05) is 39.4 Å². The highest BCUT2D eigenvalue weighted by atomic mass is 16.7. The van der Waals surface area contributed by atoms with Gasteiger partial charge in [-0.15, -0.1) is 0 Å². The lowest BCUT2D eigenvalue weighted by atomic mass is 10.4. The molecule has 2 aliphatic rings.